The molecule has 1 saturated heterocycles. The number of likely N-dealkylation sites (tertiary alicyclic amines) is 1. The highest BCUT2D eigenvalue weighted by Crippen LogP contribution is 2.30. The van der Waals surface area contributed by atoms with Gasteiger partial charge in [0.15, 0.2) is 0 Å². The lowest BCUT2D eigenvalue weighted by molar-refractivity contribution is 0.0574. The van der Waals surface area contributed by atoms with E-state index in [1.165, 1.54) is 11.3 Å². The van der Waals surface area contributed by atoms with Gasteiger partial charge in [0.2, 0.25) is 11.7 Å². The summed E-state index contributed by atoms with van der Waals surface area (Å²) in [5, 5.41) is 7.90. The largest absolute Gasteiger partial charge is 0.339 e. The van der Waals surface area contributed by atoms with Gasteiger partial charge in [-0.15, -0.1) is 22.7 Å². The van der Waals surface area contributed by atoms with E-state index in [4.69, 9.17) is 4.52 Å². The summed E-state index contributed by atoms with van der Waals surface area (Å²) >= 11 is 3.05. The molecule has 0 saturated carbocycles. The molecule has 21 heavy (non-hydrogen) atoms. The zero-order chi connectivity index (χ0) is 14.2. The van der Waals surface area contributed by atoms with Gasteiger partial charge in [0.25, 0.3) is 5.91 Å². The number of carbonyl (C=O) groups is 1. The lowest BCUT2D eigenvalue weighted by atomic mass is 10.00. The number of rotatable bonds is 3. The first-order valence-electron chi connectivity index (χ1n) is 6.51. The van der Waals surface area contributed by atoms with Crippen LogP contribution in [0.4, 0.5) is 0 Å². The Morgan fingerprint density at radius 2 is 2.05 bits per heavy atom. The van der Waals surface area contributed by atoms with Crippen molar-refractivity contribution < 1.29 is 9.32 Å². The number of hydrogen-bond donors (Lipinski definition) is 0. The molecule has 0 aliphatic carbocycles. The van der Waals surface area contributed by atoms with Gasteiger partial charge in [-0.05, 0) is 22.9 Å². The summed E-state index contributed by atoms with van der Waals surface area (Å²) in [7, 11) is 0. The lowest BCUT2D eigenvalue weighted by Crippen LogP contribution is -2.48. The van der Waals surface area contributed by atoms with Crippen molar-refractivity contribution in [3.8, 4) is 10.7 Å². The number of carbonyl (C=O) groups excluding carboxylic acids is 1. The Bertz CT molecular complexity index is 743. The minimum atomic E-state index is 0.0826. The normalized spacial score (nSPS) is 15.1. The molecule has 106 valence electrons. The first-order valence-corrected chi connectivity index (χ1v) is 8.27. The number of aromatic nitrogens is 2. The SMILES string of the molecule is O=C(c1cccs1)N1CC(c2nc(-c3cccs3)no2)C1. The third-order valence-corrected chi connectivity index (χ3v) is 5.16. The van der Waals surface area contributed by atoms with Gasteiger partial charge >= 0.3 is 0 Å². The predicted octanol–water partition coefficient (Wildman–Crippen LogP) is 3.10. The molecular formula is C14H11N3O2S2. The van der Waals surface area contributed by atoms with Crippen LogP contribution in [0.15, 0.2) is 39.5 Å². The van der Waals surface area contributed by atoms with Crippen molar-refractivity contribution >= 4 is 28.6 Å². The molecule has 1 aliphatic heterocycles. The fourth-order valence-electron chi connectivity index (χ4n) is 2.26. The molecule has 0 N–H and O–H groups in total. The van der Waals surface area contributed by atoms with Gasteiger partial charge in [-0.3, -0.25) is 4.79 Å². The van der Waals surface area contributed by atoms with E-state index in [0.29, 0.717) is 24.8 Å². The van der Waals surface area contributed by atoms with Crippen LogP contribution in [0.1, 0.15) is 21.5 Å². The van der Waals surface area contributed by atoms with Crippen LogP contribution < -0.4 is 0 Å². The molecule has 1 aliphatic rings. The van der Waals surface area contributed by atoms with Crippen molar-refractivity contribution in [3.63, 3.8) is 0 Å². The number of hydrogen-bond acceptors (Lipinski definition) is 6. The molecule has 1 fully saturated rings. The average molecular weight is 317 g/mol. The topological polar surface area (TPSA) is 59.2 Å². The van der Waals surface area contributed by atoms with Crippen molar-refractivity contribution in [2.75, 3.05) is 13.1 Å². The van der Waals surface area contributed by atoms with Crippen LogP contribution in [0, 0.1) is 0 Å². The zero-order valence-corrected chi connectivity index (χ0v) is 12.6. The number of nitrogens with zero attached hydrogens (tertiary/aromatic N) is 3. The van der Waals surface area contributed by atoms with Gasteiger partial charge in [-0.2, -0.15) is 4.98 Å². The van der Waals surface area contributed by atoms with Crippen LogP contribution in [0.5, 0.6) is 0 Å². The Morgan fingerprint density at radius 3 is 2.76 bits per heavy atom. The van der Waals surface area contributed by atoms with Crippen molar-refractivity contribution in [1.82, 2.24) is 15.0 Å². The van der Waals surface area contributed by atoms with Crippen LogP contribution in [-0.4, -0.2) is 34.0 Å². The highest BCUT2D eigenvalue weighted by Gasteiger charge is 2.36. The van der Waals surface area contributed by atoms with Gasteiger partial charge in [0, 0.05) is 13.1 Å². The standard InChI is InChI=1S/C14H11N3O2S2/c18-14(11-4-2-6-21-11)17-7-9(8-17)13-15-12(16-19-13)10-3-1-5-20-10/h1-6,9H,7-8H2. The summed E-state index contributed by atoms with van der Waals surface area (Å²) in [6, 6.07) is 7.66. The van der Waals surface area contributed by atoms with E-state index in [2.05, 4.69) is 10.1 Å². The van der Waals surface area contributed by atoms with Crippen molar-refractivity contribution in [2.45, 2.75) is 5.92 Å². The molecule has 3 aromatic rings. The van der Waals surface area contributed by atoms with E-state index in [0.717, 1.165) is 9.75 Å². The Balaban J connectivity index is 1.43. The van der Waals surface area contributed by atoms with E-state index in [1.54, 1.807) is 11.3 Å². The first-order chi connectivity index (χ1) is 10.3. The van der Waals surface area contributed by atoms with E-state index < -0.39 is 0 Å². The summed E-state index contributed by atoms with van der Waals surface area (Å²) in [4.78, 5) is 20.1. The molecule has 0 bridgehead atoms. The lowest BCUT2D eigenvalue weighted by Gasteiger charge is -2.36. The Hall–Kier alpha value is -1.99. The Kier molecular flexibility index (Phi) is 3.08. The molecule has 0 atom stereocenters. The third-order valence-electron chi connectivity index (χ3n) is 3.43. The van der Waals surface area contributed by atoms with E-state index >= 15 is 0 Å². The fourth-order valence-corrected chi connectivity index (χ4v) is 3.60. The van der Waals surface area contributed by atoms with Crippen molar-refractivity contribution in [1.29, 1.82) is 0 Å². The molecular weight excluding hydrogens is 306 g/mol. The van der Waals surface area contributed by atoms with Crippen molar-refractivity contribution in [3.05, 3.63) is 45.8 Å². The third kappa shape index (κ3) is 2.28. The summed E-state index contributed by atoms with van der Waals surface area (Å²) < 4.78 is 5.32. The van der Waals surface area contributed by atoms with E-state index in [1.807, 2.05) is 39.9 Å². The molecule has 0 aromatic carbocycles. The molecule has 3 aromatic heterocycles. The zero-order valence-electron chi connectivity index (χ0n) is 10.9. The highest BCUT2D eigenvalue weighted by atomic mass is 32.1. The van der Waals surface area contributed by atoms with E-state index in [9.17, 15) is 4.79 Å². The Morgan fingerprint density at radius 1 is 1.24 bits per heavy atom. The van der Waals surface area contributed by atoms with Gasteiger partial charge < -0.3 is 9.42 Å². The molecule has 0 spiro atoms. The van der Waals surface area contributed by atoms with Gasteiger partial charge in [0.1, 0.15) is 0 Å². The second-order valence-corrected chi connectivity index (χ2v) is 6.71. The molecule has 4 heterocycles. The summed E-state index contributed by atoms with van der Waals surface area (Å²) in [5.74, 6) is 1.48. The second-order valence-electron chi connectivity index (χ2n) is 4.82. The quantitative estimate of drug-likeness (QED) is 0.745. The van der Waals surface area contributed by atoms with Gasteiger partial charge in [-0.25, -0.2) is 0 Å². The molecule has 1 amide bonds. The van der Waals surface area contributed by atoms with Crippen LogP contribution in [0.3, 0.4) is 0 Å². The van der Waals surface area contributed by atoms with Crippen LogP contribution in [0.25, 0.3) is 10.7 Å². The Labute approximate surface area is 128 Å². The monoisotopic (exact) mass is 317 g/mol. The maximum atomic E-state index is 12.1. The fraction of sp³-hybridized carbons (Fsp3) is 0.214. The van der Waals surface area contributed by atoms with Crippen LogP contribution in [0.2, 0.25) is 0 Å². The minimum absolute atomic E-state index is 0.0826. The first kappa shape index (κ1) is 12.7. The second kappa shape index (κ2) is 5.09. The van der Waals surface area contributed by atoms with E-state index in [-0.39, 0.29) is 11.8 Å². The number of amides is 1. The molecule has 0 unspecified atom stereocenters. The maximum Gasteiger partial charge on any atom is 0.263 e. The van der Waals surface area contributed by atoms with Gasteiger partial charge in [0.05, 0.1) is 15.7 Å². The van der Waals surface area contributed by atoms with Crippen LogP contribution >= 0.6 is 22.7 Å². The average Bonchev–Trinajstić information content (AvgIpc) is 3.19. The maximum absolute atomic E-state index is 12.1. The van der Waals surface area contributed by atoms with Crippen LogP contribution in [-0.2, 0) is 0 Å². The summed E-state index contributed by atoms with van der Waals surface area (Å²) in [6.07, 6.45) is 0. The highest BCUT2D eigenvalue weighted by molar-refractivity contribution is 7.13. The summed E-state index contributed by atoms with van der Waals surface area (Å²) in [6.45, 7) is 1.28. The molecule has 4 rings (SSSR count). The van der Waals surface area contributed by atoms with Gasteiger partial charge in [-0.1, -0.05) is 17.3 Å². The van der Waals surface area contributed by atoms with Crippen molar-refractivity contribution in [2.24, 2.45) is 0 Å². The predicted molar refractivity (Wildman–Crippen MR) is 80.6 cm³/mol. The minimum Gasteiger partial charge on any atom is -0.339 e. The smallest absolute Gasteiger partial charge is 0.263 e. The summed E-state index contributed by atoms with van der Waals surface area (Å²) in [5.41, 5.74) is 0. The number of thiophene rings is 2. The molecule has 7 heteroatoms. The molecule has 0 radical (unpaired) electrons. The molecule has 5 nitrogen and oxygen atoms in total.